The first-order chi connectivity index (χ1) is 8.61. The summed E-state index contributed by atoms with van der Waals surface area (Å²) in [7, 11) is 0. The van der Waals surface area contributed by atoms with Crippen LogP contribution in [0.3, 0.4) is 0 Å². The standard InChI is InChI=1S/C12H8Cl2IN3/c1-7(18-15)11-5-12(17-6-16-11)8-2-3-9(13)10(14)4-8/h2-6H,1H3. The van der Waals surface area contributed by atoms with Crippen molar-refractivity contribution in [2.24, 2.45) is 3.21 Å². The number of hydrogen-bond acceptors (Lipinski definition) is 3. The van der Waals surface area contributed by atoms with Crippen molar-refractivity contribution in [2.75, 3.05) is 0 Å². The van der Waals surface area contributed by atoms with Crippen LogP contribution in [0.1, 0.15) is 12.6 Å². The number of benzene rings is 1. The van der Waals surface area contributed by atoms with Gasteiger partial charge in [0.15, 0.2) is 0 Å². The summed E-state index contributed by atoms with van der Waals surface area (Å²) in [5.41, 5.74) is 3.33. The van der Waals surface area contributed by atoms with Gasteiger partial charge in [-0.3, -0.25) is 0 Å². The van der Waals surface area contributed by atoms with Gasteiger partial charge in [0.1, 0.15) is 6.33 Å². The van der Waals surface area contributed by atoms with E-state index in [1.54, 1.807) is 12.1 Å². The van der Waals surface area contributed by atoms with Crippen molar-refractivity contribution in [3.8, 4) is 11.3 Å². The molecule has 2 rings (SSSR count). The molecule has 0 saturated carbocycles. The summed E-state index contributed by atoms with van der Waals surface area (Å²) in [6.45, 7) is 1.90. The Labute approximate surface area is 129 Å². The van der Waals surface area contributed by atoms with E-state index in [9.17, 15) is 0 Å². The lowest BCUT2D eigenvalue weighted by molar-refractivity contribution is 1.15. The second kappa shape index (κ2) is 5.95. The zero-order valence-electron chi connectivity index (χ0n) is 9.36. The van der Waals surface area contributed by atoms with Gasteiger partial charge >= 0.3 is 0 Å². The zero-order valence-corrected chi connectivity index (χ0v) is 13.0. The Morgan fingerprint density at radius 1 is 1.17 bits per heavy atom. The molecule has 0 fully saturated rings. The van der Waals surface area contributed by atoms with Gasteiger partial charge in [0.05, 0.1) is 50.0 Å². The van der Waals surface area contributed by atoms with Crippen LogP contribution < -0.4 is 0 Å². The molecule has 18 heavy (non-hydrogen) atoms. The summed E-state index contributed by atoms with van der Waals surface area (Å²) in [6, 6.07) is 7.28. The average Bonchev–Trinajstić information content (AvgIpc) is 2.41. The average molecular weight is 392 g/mol. The van der Waals surface area contributed by atoms with Gasteiger partial charge in [-0.15, -0.1) is 0 Å². The molecule has 0 bridgehead atoms. The number of halogens is 3. The summed E-state index contributed by atoms with van der Waals surface area (Å²) in [4.78, 5) is 8.40. The molecule has 1 aromatic carbocycles. The Morgan fingerprint density at radius 3 is 2.61 bits per heavy atom. The van der Waals surface area contributed by atoms with Crippen LogP contribution in [0.2, 0.25) is 10.0 Å². The number of rotatable bonds is 2. The van der Waals surface area contributed by atoms with Gasteiger partial charge < -0.3 is 0 Å². The maximum Gasteiger partial charge on any atom is 0.116 e. The Bertz CT molecular complexity index is 614. The van der Waals surface area contributed by atoms with Gasteiger partial charge in [-0.1, -0.05) is 29.3 Å². The number of aromatic nitrogens is 2. The van der Waals surface area contributed by atoms with Crippen molar-refractivity contribution in [3.05, 3.63) is 46.3 Å². The van der Waals surface area contributed by atoms with Crippen LogP contribution in [0, 0.1) is 0 Å². The molecule has 6 heteroatoms. The minimum Gasteiger partial charge on any atom is -0.236 e. The minimum absolute atomic E-state index is 0.508. The van der Waals surface area contributed by atoms with E-state index in [1.165, 1.54) is 6.33 Å². The van der Waals surface area contributed by atoms with E-state index >= 15 is 0 Å². The van der Waals surface area contributed by atoms with Gasteiger partial charge in [-0.25, -0.2) is 13.2 Å². The molecule has 0 atom stereocenters. The molecule has 92 valence electrons. The molecule has 0 unspecified atom stereocenters. The third-order valence-electron chi connectivity index (χ3n) is 2.38. The Balaban J connectivity index is 2.48. The van der Waals surface area contributed by atoms with Crippen molar-refractivity contribution >= 4 is 51.8 Å². The second-order valence-electron chi connectivity index (χ2n) is 3.59. The number of nitrogens with zero attached hydrogens (tertiary/aromatic N) is 3. The largest absolute Gasteiger partial charge is 0.236 e. The summed E-state index contributed by atoms with van der Waals surface area (Å²) in [5, 5.41) is 1.04. The van der Waals surface area contributed by atoms with Crippen LogP contribution in [0.5, 0.6) is 0 Å². The van der Waals surface area contributed by atoms with Crippen molar-refractivity contribution < 1.29 is 0 Å². The monoisotopic (exact) mass is 391 g/mol. The molecule has 0 spiro atoms. The predicted molar refractivity (Wildman–Crippen MR) is 83.7 cm³/mol. The van der Waals surface area contributed by atoms with Gasteiger partial charge in [-0.2, -0.15) is 0 Å². The highest BCUT2D eigenvalue weighted by Gasteiger charge is 2.06. The third-order valence-corrected chi connectivity index (χ3v) is 3.84. The predicted octanol–water partition coefficient (Wildman–Crippen LogP) is 4.61. The van der Waals surface area contributed by atoms with Crippen molar-refractivity contribution in [1.29, 1.82) is 0 Å². The summed E-state index contributed by atoms with van der Waals surface area (Å²) >= 11 is 13.8. The fraction of sp³-hybridized carbons (Fsp3) is 0.0833. The highest BCUT2D eigenvalue weighted by atomic mass is 127. The highest BCUT2D eigenvalue weighted by Crippen LogP contribution is 2.27. The molecular formula is C12H8Cl2IN3. The molecule has 0 amide bonds. The SMILES string of the molecule is CC(=NI)c1cc(-c2ccc(Cl)c(Cl)c2)ncn1. The molecule has 1 aromatic heterocycles. The van der Waals surface area contributed by atoms with Gasteiger partial charge in [-0.05, 0) is 25.1 Å². The van der Waals surface area contributed by atoms with Gasteiger partial charge in [0.2, 0.25) is 0 Å². The molecule has 0 aliphatic carbocycles. The Kier molecular flexibility index (Phi) is 4.53. The topological polar surface area (TPSA) is 38.1 Å². The molecule has 1 heterocycles. The molecule has 0 radical (unpaired) electrons. The van der Waals surface area contributed by atoms with Crippen LogP contribution in [0.4, 0.5) is 0 Å². The lowest BCUT2D eigenvalue weighted by atomic mass is 10.1. The van der Waals surface area contributed by atoms with Crippen LogP contribution in [-0.2, 0) is 0 Å². The summed E-state index contributed by atoms with van der Waals surface area (Å²) in [6.07, 6.45) is 1.51. The van der Waals surface area contributed by atoms with Crippen LogP contribution in [0.25, 0.3) is 11.3 Å². The van der Waals surface area contributed by atoms with Crippen LogP contribution in [0.15, 0.2) is 33.8 Å². The van der Waals surface area contributed by atoms with E-state index in [0.717, 1.165) is 22.7 Å². The van der Waals surface area contributed by atoms with E-state index in [1.807, 2.05) is 41.9 Å². The smallest absolute Gasteiger partial charge is 0.116 e. The number of hydrogen-bond donors (Lipinski definition) is 0. The molecule has 0 N–H and O–H groups in total. The molecular weight excluding hydrogens is 384 g/mol. The quantitative estimate of drug-likeness (QED) is 0.553. The molecule has 0 aliphatic heterocycles. The normalized spacial score (nSPS) is 11.7. The minimum atomic E-state index is 0.508. The Hall–Kier alpha value is -0.720. The third kappa shape index (κ3) is 2.99. The van der Waals surface area contributed by atoms with Gasteiger partial charge in [0, 0.05) is 5.56 Å². The van der Waals surface area contributed by atoms with Crippen molar-refractivity contribution in [1.82, 2.24) is 9.97 Å². The molecule has 2 aromatic rings. The highest BCUT2D eigenvalue weighted by molar-refractivity contribution is 14.1. The summed E-state index contributed by atoms with van der Waals surface area (Å²) in [5.74, 6) is 0. The van der Waals surface area contributed by atoms with Gasteiger partial charge in [0.25, 0.3) is 0 Å². The first-order valence-corrected chi connectivity index (χ1v) is 6.77. The van der Waals surface area contributed by atoms with E-state index in [0.29, 0.717) is 10.0 Å². The van der Waals surface area contributed by atoms with Crippen LogP contribution in [-0.4, -0.2) is 15.7 Å². The second-order valence-corrected chi connectivity index (χ2v) is 4.88. The maximum absolute atomic E-state index is 5.99. The van der Waals surface area contributed by atoms with E-state index < -0.39 is 0 Å². The maximum atomic E-state index is 5.99. The molecule has 3 nitrogen and oxygen atoms in total. The molecule has 0 aliphatic rings. The zero-order chi connectivity index (χ0) is 13.1. The Morgan fingerprint density at radius 2 is 1.94 bits per heavy atom. The first kappa shape index (κ1) is 13.7. The van der Waals surface area contributed by atoms with Crippen LogP contribution >= 0.6 is 46.1 Å². The first-order valence-electron chi connectivity index (χ1n) is 5.05. The van der Waals surface area contributed by atoms with E-state index in [2.05, 4.69) is 13.2 Å². The lowest BCUT2D eigenvalue weighted by Crippen LogP contribution is -1.99. The summed E-state index contributed by atoms with van der Waals surface area (Å²) < 4.78 is 4.07. The lowest BCUT2D eigenvalue weighted by Gasteiger charge is -2.04. The fourth-order valence-corrected chi connectivity index (χ4v) is 1.96. The van der Waals surface area contributed by atoms with E-state index in [4.69, 9.17) is 23.2 Å². The molecule has 0 saturated heterocycles. The fourth-order valence-electron chi connectivity index (χ4n) is 1.41. The van der Waals surface area contributed by atoms with Crippen molar-refractivity contribution in [3.63, 3.8) is 0 Å². The van der Waals surface area contributed by atoms with E-state index in [-0.39, 0.29) is 0 Å². The van der Waals surface area contributed by atoms with Crippen molar-refractivity contribution in [2.45, 2.75) is 6.92 Å².